The lowest BCUT2D eigenvalue weighted by Gasteiger charge is -2.21. The number of nitro benzene ring substituents is 1. The van der Waals surface area contributed by atoms with E-state index >= 15 is 0 Å². The summed E-state index contributed by atoms with van der Waals surface area (Å²) in [5.74, 6) is -0.0362. The molecule has 1 N–H and O–H groups in total. The van der Waals surface area contributed by atoms with Gasteiger partial charge in [0, 0.05) is 29.5 Å². The van der Waals surface area contributed by atoms with Gasteiger partial charge in [0.25, 0.3) is 5.69 Å². The maximum absolute atomic E-state index is 12.6. The van der Waals surface area contributed by atoms with Crippen LogP contribution in [0.15, 0.2) is 60.0 Å². The molecule has 1 atom stereocenters. The number of carbonyl (C=O) groups is 1. The van der Waals surface area contributed by atoms with Gasteiger partial charge in [-0.3, -0.25) is 14.9 Å². The number of hydrogen-bond acceptors (Lipinski definition) is 5. The van der Waals surface area contributed by atoms with Crippen molar-refractivity contribution < 1.29 is 9.72 Å². The van der Waals surface area contributed by atoms with Gasteiger partial charge in [0.15, 0.2) is 0 Å². The topological polar surface area (TPSA) is 85.1 Å². The highest BCUT2D eigenvalue weighted by atomic mass is 32.1. The molecule has 156 valence electrons. The Morgan fingerprint density at radius 2 is 1.80 bits per heavy atom. The second-order valence-electron chi connectivity index (χ2n) is 8.42. The van der Waals surface area contributed by atoms with Crippen LogP contribution in [0.3, 0.4) is 0 Å². The summed E-state index contributed by atoms with van der Waals surface area (Å²) >= 11 is 1.51. The standard InChI is InChI=1S/C23H25N3O3S/c1-23(2,3)14-21(27)24-19(13-16-9-11-18(12-10-16)26(28)29)22-25-20(15-30-22)17-7-5-4-6-8-17/h4-12,15,19H,13-14H2,1-3H3,(H,24,27)/t19-/m0/s1. The number of nitro groups is 1. The first-order valence-corrected chi connectivity index (χ1v) is 10.6. The van der Waals surface area contributed by atoms with Gasteiger partial charge in [0.2, 0.25) is 5.91 Å². The van der Waals surface area contributed by atoms with Crippen molar-refractivity contribution in [2.75, 3.05) is 0 Å². The van der Waals surface area contributed by atoms with Crippen molar-refractivity contribution in [3.05, 3.63) is 80.7 Å². The molecule has 1 heterocycles. The number of thiazole rings is 1. The van der Waals surface area contributed by atoms with Gasteiger partial charge in [-0.1, -0.05) is 63.2 Å². The molecule has 0 saturated heterocycles. The summed E-state index contributed by atoms with van der Waals surface area (Å²) in [6.07, 6.45) is 0.913. The molecule has 0 saturated carbocycles. The molecule has 1 aromatic heterocycles. The van der Waals surface area contributed by atoms with E-state index in [4.69, 9.17) is 4.98 Å². The van der Waals surface area contributed by atoms with Crippen molar-refractivity contribution in [3.8, 4) is 11.3 Å². The lowest BCUT2D eigenvalue weighted by Crippen LogP contribution is -2.32. The quantitative estimate of drug-likeness (QED) is 0.398. The number of nitrogens with zero attached hydrogens (tertiary/aromatic N) is 2. The van der Waals surface area contributed by atoms with Gasteiger partial charge in [0.05, 0.1) is 16.7 Å². The second-order valence-corrected chi connectivity index (χ2v) is 9.31. The predicted octanol–water partition coefficient (Wildman–Crippen LogP) is 5.55. The normalized spacial score (nSPS) is 12.4. The Morgan fingerprint density at radius 1 is 1.13 bits per heavy atom. The number of hydrogen-bond donors (Lipinski definition) is 1. The summed E-state index contributed by atoms with van der Waals surface area (Å²) in [5.41, 5.74) is 2.72. The highest BCUT2D eigenvalue weighted by Crippen LogP contribution is 2.28. The van der Waals surface area contributed by atoms with Gasteiger partial charge in [-0.05, 0) is 17.4 Å². The fourth-order valence-electron chi connectivity index (χ4n) is 3.11. The number of rotatable bonds is 7. The Bertz CT molecular complexity index is 1010. The van der Waals surface area contributed by atoms with Crippen molar-refractivity contribution in [2.45, 2.75) is 39.7 Å². The molecular weight excluding hydrogens is 398 g/mol. The Kier molecular flexibility index (Phi) is 6.62. The highest BCUT2D eigenvalue weighted by Gasteiger charge is 2.23. The summed E-state index contributed by atoms with van der Waals surface area (Å²) in [4.78, 5) is 27.9. The van der Waals surface area contributed by atoms with E-state index in [0.717, 1.165) is 21.8 Å². The number of aromatic nitrogens is 1. The number of non-ortho nitro benzene ring substituents is 1. The molecule has 0 unspecified atom stereocenters. The van der Waals surface area contributed by atoms with Crippen molar-refractivity contribution in [2.24, 2.45) is 5.41 Å². The van der Waals surface area contributed by atoms with Crippen LogP contribution in [0.5, 0.6) is 0 Å². The lowest BCUT2D eigenvalue weighted by atomic mass is 9.91. The molecule has 3 rings (SSSR count). The first kappa shape index (κ1) is 21.6. The van der Waals surface area contributed by atoms with Crippen LogP contribution in [0.4, 0.5) is 5.69 Å². The molecule has 0 fully saturated rings. The Balaban J connectivity index is 1.84. The van der Waals surface area contributed by atoms with Gasteiger partial charge in [0.1, 0.15) is 5.01 Å². The first-order chi connectivity index (χ1) is 14.2. The average molecular weight is 424 g/mol. The number of amides is 1. The molecule has 0 radical (unpaired) electrons. The SMILES string of the molecule is CC(C)(C)CC(=O)N[C@@H](Cc1ccc([N+](=O)[O-])cc1)c1nc(-c2ccccc2)cs1. The molecule has 30 heavy (non-hydrogen) atoms. The Labute approximate surface area is 180 Å². The van der Waals surface area contributed by atoms with E-state index in [1.165, 1.54) is 23.5 Å². The fourth-order valence-corrected chi connectivity index (χ4v) is 3.98. The van der Waals surface area contributed by atoms with Gasteiger partial charge in [-0.2, -0.15) is 0 Å². The third-order valence-electron chi connectivity index (χ3n) is 4.50. The summed E-state index contributed by atoms with van der Waals surface area (Å²) in [7, 11) is 0. The maximum atomic E-state index is 12.6. The van der Waals surface area contributed by atoms with E-state index in [1.807, 2.05) is 56.5 Å². The second kappa shape index (κ2) is 9.17. The van der Waals surface area contributed by atoms with Crippen LogP contribution in [0.1, 0.15) is 43.8 Å². The van der Waals surface area contributed by atoms with Crippen molar-refractivity contribution in [3.63, 3.8) is 0 Å². The van der Waals surface area contributed by atoms with E-state index in [1.54, 1.807) is 12.1 Å². The minimum absolute atomic E-state index is 0.0362. The largest absolute Gasteiger partial charge is 0.347 e. The summed E-state index contributed by atoms with van der Waals surface area (Å²) < 4.78 is 0. The van der Waals surface area contributed by atoms with E-state index < -0.39 is 4.92 Å². The molecule has 7 heteroatoms. The average Bonchev–Trinajstić information content (AvgIpc) is 3.17. The predicted molar refractivity (Wildman–Crippen MR) is 119 cm³/mol. The molecule has 0 aliphatic carbocycles. The van der Waals surface area contributed by atoms with Crippen LogP contribution in [0.25, 0.3) is 11.3 Å². The zero-order valence-electron chi connectivity index (χ0n) is 17.3. The van der Waals surface area contributed by atoms with Crippen molar-refractivity contribution in [1.29, 1.82) is 0 Å². The monoisotopic (exact) mass is 423 g/mol. The van der Waals surface area contributed by atoms with Gasteiger partial charge in [-0.25, -0.2) is 4.98 Å². The molecule has 2 aromatic carbocycles. The first-order valence-electron chi connectivity index (χ1n) is 9.75. The summed E-state index contributed by atoms with van der Waals surface area (Å²) in [5, 5.41) is 16.8. The van der Waals surface area contributed by atoms with Crippen LogP contribution in [-0.4, -0.2) is 15.8 Å². The lowest BCUT2D eigenvalue weighted by molar-refractivity contribution is -0.384. The zero-order valence-corrected chi connectivity index (χ0v) is 18.1. The van der Waals surface area contributed by atoms with E-state index in [-0.39, 0.29) is 23.1 Å². The van der Waals surface area contributed by atoms with Gasteiger partial charge < -0.3 is 5.32 Å². The van der Waals surface area contributed by atoms with Gasteiger partial charge >= 0.3 is 0 Å². The van der Waals surface area contributed by atoms with E-state index in [9.17, 15) is 14.9 Å². The number of benzene rings is 2. The molecule has 0 aliphatic heterocycles. The molecule has 0 aliphatic rings. The maximum Gasteiger partial charge on any atom is 0.269 e. The van der Waals surface area contributed by atoms with Crippen LogP contribution < -0.4 is 5.32 Å². The van der Waals surface area contributed by atoms with E-state index in [2.05, 4.69) is 5.32 Å². The van der Waals surface area contributed by atoms with Crippen molar-refractivity contribution >= 4 is 22.9 Å². The molecular formula is C23H25N3O3S. The molecule has 6 nitrogen and oxygen atoms in total. The third kappa shape index (κ3) is 5.97. The number of nitrogens with one attached hydrogen (secondary N) is 1. The van der Waals surface area contributed by atoms with E-state index in [0.29, 0.717) is 12.8 Å². The van der Waals surface area contributed by atoms with Crippen LogP contribution in [0, 0.1) is 15.5 Å². The third-order valence-corrected chi connectivity index (χ3v) is 5.46. The Hall–Kier alpha value is -3.06. The molecule has 0 bridgehead atoms. The van der Waals surface area contributed by atoms with Crippen LogP contribution >= 0.6 is 11.3 Å². The minimum Gasteiger partial charge on any atom is -0.347 e. The van der Waals surface area contributed by atoms with Crippen molar-refractivity contribution in [1.82, 2.24) is 10.3 Å². The molecule has 1 amide bonds. The molecule has 3 aromatic rings. The summed E-state index contributed by atoms with van der Waals surface area (Å²) in [6, 6.07) is 16.0. The van der Waals surface area contributed by atoms with Crippen LogP contribution in [0.2, 0.25) is 0 Å². The Morgan fingerprint density at radius 3 is 2.40 bits per heavy atom. The minimum atomic E-state index is -0.417. The zero-order chi connectivity index (χ0) is 21.7. The fraction of sp³-hybridized carbons (Fsp3) is 0.304. The number of carbonyl (C=O) groups excluding carboxylic acids is 1. The highest BCUT2D eigenvalue weighted by molar-refractivity contribution is 7.10. The van der Waals surface area contributed by atoms with Crippen LogP contribution in [-0.2, 0) is 11.2 Å². The smallest absolute Gasteiger partial charge is 0.269 e. The molecule has 0 spiro atoms. The van der Waals surface area contributed by atoms with Gasteiger partial charge in [-0.15, -0.1) is 11.3 Å². The summed E-state index contributed by atoms with van der Waals surface area (Å²) in [6.45, 7) is 6.07.